The molecule has 1 aromatic rings. The van der Waals surface area contributed by atoms with Gasteiger partial charge in [0.2, 0.25) is 6.29 Å². The van der Waals surface area contributed by atoms with E-state index in [9.17, 15) is 0 Å². The van der Waals surface area contributed by atoms with Gasteiger partial charge in [0.1, 0.15) is 5.75 Å². The summed E-state index contributed by atoms with van der Waals surface area (Å²) in [5.74, 6) is 1.67. The van der Waals surface area contributed by atoms with Gasteiger partial charge in [-0.05, 0) is 62.1 Å². The molecule has 1 atom stereocenters. The van der Waals surface area contributed by atoms with Crippen molar-refractivity contribution < 1.29 is 9.47 Å². The second-order valence-electron chi connectivity index (χ2n) is 9.06. The molecule has 0 radical (unpaired) electrons. The quantitative estimate of drug-likeness (QED) is 0.277. The molecule has 0 amide bonds. The molecule has 0 aliphatic carbocycles. The van der Waals surface area contributed by atoms with E-state index in [4.69, 9.17) is 9.47 Å². The van der Waals surface area contributed by atoms with Crippen molar-refractivity contribution in [3.05, 3.63) is 42.0 Å². The maximum atomic E-state index is 6.11. The molecule has 2 nitrogen and oxygen atoms in total. The highest BCUT2D eigenvalue weighted by molar-refractivity contribution is 5.27. The van der Waals surface area contributed by atoms with E-state index in [0.29, 0.717) is 5.41 Å². The Bertz CT molecular complexity index is 518. The molecule has 1 rings (SSSR count). The van der Waals surface area contributed by atoms with E-state index >= 15 is 0 Å². The molecule has 0 bridgehead atoms. The molecule has 0 N–H and O–H groups in total. The minimum Gasteiger partial charge on any atom is -0.465 e. The molecule has 0 saturated heterocycles. The third-order valence-corrected chi connectivity index (χ3v) is 4.90. The molecular weight excluding hydrogens is 332 g/mol. The fourth-order valence-corrected chi connectivity index (χ4v) is 2.96. The highest BCUT2D eigenvalue weighted by atomic mass is 16.7. The van der Waals surface area contributed by atoms with Gasteiger partial charge in [-0.2, -0.15) is 0 Å². The maximum absolute atomic E-state index is 6.11. The first-order chi connectivity index (χ1) is 12.7. The molecule has 1 unspecified atom stereocenters. The molecule has 2 heteroatoms. The standard InChI is InChI=1S/C25H42O2/c1-8-21(9-2)12-10-11-13-24(26-20(3)4)27-23-16-14-22(15-17-23)18-19-25(5,6)7/h10-11,14-17,20-21,24H,8-9,12-13,18-19H2,1-7H3/b11-10+. The van der Waals surface area contributed by atoms with E-state index in [-0.39, 0.29) is 12.4 Å². The smallest absolute Gasteiger partial charge is 0.203 e. The number of benzene rings is 1. The van der Waals surface area contributed by atoms with Crippen LogP contribution in [0.1, 0.15) is 86.1 Å². The van der Waals surface area contributed by atoms with Crippen molar-refractivity contribution in [3.8, 4) is 5.75 Å². The average Bonchev–Trinajstić information content (AvgIpc) is 2.60. The van der Waals surface area contributed by atoms with E-state index in [0.717, 1.165) is 30.9 Å². The van der Waals surface area contributed by atoms with Crippen molar-refractivity contribution in [1.82, 2.24) is 0 Å². The van der Waals surface area contributed by atoms with Crippen LogP contribution in [0.5, 0.6) is 5.75 Å². The van der Waals surface area contributed by atoms with Crippen LogP contribution < -0.4 is 4.74 Å². The van der Waals surface area contributed by atoms with Crippen LogP contribution in [-0.2, 0) is 11.2 Å². The van der Waals surface area contributed by atoms with E-state index in [1.54, 1.807) is 0 Å². The largest absolute Gasteiger partial charge is 0.465 e. The van der Waals surface area contributed by atoms with Crippen LogP contribution in [0.25, 0.3) is 0 Å². The third-order valence-electron chi connectivity index (χ3n) is 4.90. The molecule has 0 aromatic heterocycles. The van der Waals surface area contributed by atoms with Gasteiger partial charge in [0.05, 0.1) is 6.10 Å². The Labute approximate surface area is 168 Å². The van der Waals surface area contributed by atoms with E-state index < -0.39 is 0 Å². The molecule has 0 heterocycles. The second kappa shape index (κ2) is 12.2. The van der Waals surface area contributed by atoms with Crippen molar-refractivity contribution in [2.45, 2.75) is 99.4 Å². The Balaban J connectivity index is 2.58. The summed E-state index contributed by atoms with van der Waals surface area (Å²) in [5.41, 5.74) is 1.73. The molecule has 0 aliphatic rings. The summed E-state index contributed by atoms with van der Waals surface area (Å²) in [6.45, 7) is 15.5. The summed E-state index contributed by atoms with van der Waals surface area (Å²) in [7, 11) is 0. The van der Waals surface area contributed by atoms with Crippen molar-refractivity contribution >= 4 is 0 Å². The lowest BCUT2D eigenvalue weighted by Crippen LogP contribution is -2.23. The summed E-state index contributed by atoms with van der Waals surface area (Å²) in [5, 5.41) is 0. The zero-order valence-corrected chi connectivity index (χ0v) is 18.8. The summed E-state index contributed by atoms with van der Waals surface area (Å²) in [6.07, 6.45) is 11.1. The Morgan fingerprint density at radius 2 is 1.52 bits per heavy atom. The van der Waals surface area contributed by atoms with Gasteiger partial charge >= 0.3 is 0 Å². The summed E-state index contributed by atoms with van der Waals surface area (Å²) >= 11 is 0. The topological polar surface area (TPSA) is 18.5 Å². The third kappa shape index (κ3) is 11.2. The lowest BCUT2D eigenvalue weighted by atomic mass is 9.89. The minimum atomic E-state index is -0.233. The minimum absolute atomic E-state index is 0.147. The number of ether oxygens (including phenoxy) is 2. The summed E-state index contributed by atoms with van der Waals surface area (Å²) in [4.78, 5) is 0. The van der Waals surface area contributed by atoms with Gasteiger partial charge < -0.3 is 9.47 Å². The first kappa shape index (κ1) is 23.8. The molecule has 0 fully saturated rings. The molecule has 1 aromatic carbocycles. The molecule has 0 saturated carbocycles. The molecule has 0 spiro atoms. The van der Waals surface area contributed by atoms with Gasteiger partial charge in [-0.1, -0.05) is 71.7 Å². The van der Waals surface area contributed by atoms with Gasteiger partial charge in [-0.15, -0.1) is 0 Å². The van der Waals surface area contributed by atoms with Crippen molar-refractivity contribution in [2.24, 2.45) is 11.3 Å². The number of rotatable bonds is 12. The zero-order valence-electron chi connectivity index (χ0n) is 18.8. The van der Waals surface area contributed by atoms with Crippen LogP contribution in [0.2, 0.25) is 0 Å². The van der Waals surface area contributed by atoms with Gasteiger partial charge in [-0.25, -0.2) is 0 Å². The van der Waals surface area contributed by atoms with E-state index in [1.807, 2.05) is 0 Å². The van der Waals surface area contributed by atoms with E-state index in [2.05, 4.69) is 84.9 Å². The van der Waals surface area contributed by atoms with Crippen molar-refractivity contribution in [2.75, 3.05) is 0 Å². The predicted octanol–water partition coefficient (Wildman–Crippen LogP) is 7.57. The molecule has 154 valence electrons. The average molecular weight is 375 g/mol. The van der Waals surface area contributed by atoms with Crippen molar-refractivity contribution in [1.29, 1.82) is 0 Å². The number of aryl methyl sites for hydroxylation is 1. The molecule has 0 aliphatic heterocycles. The Hall–Kier alpha value is -1.28. The van der Waals surface area contributed by atoms with Gasteiger partial charge in [0.15, 0.2) is 0 Å². The lowest BCUT2D eigenvalue weighted by Gasteiger charge is -2.21. The Kier molecular flexibility index (Phi) is 10.8. The SMILES string of the molecule is CCC(CC)C/C=C/CC(Oc1ccc(CCC(C)(C)C)cc1)OC(C)C. The Morgan fingerprint density at radius 3 is 2.04 bits per heavy atom. The monoisotopic (exact) mass is 374 g/mol. The van der Waals surface area contributed by atoms with Crippen molar-refractivity contribution in [3.63, 3.8) is 0 Å². The highest BCUT2D eigenvalue weighted by Crippen LogP contribution is 2.23. The number of allylic oxidation sites excluding steroid dienone is 1. The normalized spacial score (nSPS) is 13.7. The van der Waals surface area contributed by atoms with Crippen LogP contribution in [0.3, 0.4) is 0 Å². The number of hydrogen-bond donors (Lipinski definition) is 0. The Morgan fingerprint density at radius 1 is 0.926 bits per heavy atom. The van der Waals surface area contributed by atoms with E-state index in [1.165, 1.54) is 24.8 Å². The highest BCUT2D eigenvalue weighted by Gasteiger charge is 2.13. The van der Waals surface area contributed by atoms with Crippen LogP contribution >= 0.6 is 0 Å². The van der Waals surface area contributed by atoms with Crippen LogP contribution in [-0.4, -0.2) is 12.4 Å². The fourth-order valence-electron chi connectivity index (χ4n) is 2.96. The predicted molar refractivity (Wildman–Crippen MR) is 117 cm³/mol. The maximum Gasteiger partial charge on any atom is 0.203 e. The summed E-state index contributed by atoms with van der Waals surface area (Å²) < 4.78 is 12.1. The van der Waals surface area contributed by atoms with Crippen LogP contribution in [0.4, 0.5) is 0 Å². The van der Waals surface area contributed by atoms with Crippen LogP contribution in [0, 0.1) is 11.3 Å². The van der Waals surface area contributed by atoms with Gasteiger partial charge in [0.25, 0.3) is 0 Å². The first-order valence-electron chi connectivity index (χ1n) is 10.8. The lowest BCUT2D eigenvalue weighted by molar-refractivity contribution is -0.105. The first-order valence-corrected chi connectivity index (χ1v) is 10.8. The molecular formula is C25H42O2. The second-order valence-corrected chi connectivity index (χ2v) is 9.06. The number of hydrogen-bond acceptors (Lipinski definition) is 2. The van der Waals surface area contributed by atoms with Gasteiger partial charge in [0, 0.05) is 6.42 Å². The molecule has 27 heavy (non-hydrogen) atoms. The van der Waals surface area contributed by atoms with Crippen LogP contribution in [0.15, 0.2) is 36.4 Å². The summed E-state index contributed by atoms with van der Waals surface area (Å²) in [6, 6.07) is 8.50. The zero-order chi connectivity index (χ0) is 20.3. The van der Waals surface area contributed by atoms with Gasteiger partial charge in [-0.3, -0.25) is 0 Å². The fraction of sp³-hybridized carbons (Fsp3) is 0.680.